The van der Waals surface area contributed by atoms with Gasteiger partial charge < -0.3 is 10.6 Å². The van der Waals surface area contributed by atoms with Gasteiger partial charge in [-0.2, -0.15) is 4.98 Å². The van der Waals surface area contributed by atoms with Crippen LogP contribution in [0.15, 0.2) is 59.5 Å². The third-order valence-electron chi connectivity index (χ3n) is 4.34. The van der Waals surface area contributed by atoms with E-state index in [-0.39, 0.29) is 29.7 Å². The fraction of sp³-hybridized carbons (Fsp3) is 0.100. The van der Waals surface area contributed by atoms with Crippen LogP contribution >= 0.6 is 11.6 Å². The summed E-state index contributed by atoms with van der Waals surface area (Å²) in [6, 6.07) is 11.4. The van der Waals surface area contributed by atoms with Gasteiger partial charge in [0.2, 0.25) is 5.91 Å². The Morgan fingerprint density at radius 3 is 2.61 bits per heavy atom. The second-order valence-electron chi connectivity index (χ2n) is 6.58. The number of aromatic nitrogens is 4. The summed E-state index contributed by atoms with van der Waals surface area (Å²) in [6.45, 7) is -0.206. The Morgan fingerprint density at radius 1 is 1.10 bits per heavy atom. The van der Waals surface area contributed by atoms with Crippen LogP contribution in [0.4, 0.5) is 20.3 Å². The summed E-state index contributed by atoms with van der Waals surface area (Å²) in [5, 5.41) is 9.63. The lowest BCUT2D eigenvalue weighted by Gasteiger charge is -2.05. The minimum absolute atomic E-state index is 0.0422. The number of nitrogens with zero attached hydrogens (tertiary/aromatic N) is 4. The number of benzene rings is 2. The topological polar surface area (TPSA) is 93.3 Å². The van der Waals surface area contributed by atoms with E-state index in [4.69, 9.17) is 11.6 Å². The zero-order chi connectivity index (χ0) is 22.0. The molecule has 0 saturated carbocycles. The Kier molecular flexibility index (Phi) is 5.63. The molecule has 0 aliphatic heterocycles. The first-order valence-electron chi connectivity index (χ1n) is 9.08. The highest BCUT2D eigenvalue weighted by atomic mass is 35.5. The van der Waals surface area contributed by atoms with Crippen molar-refractivity contribution in [1.29, 1.82) is 0 Å². The normalized spacial score (nSPS) is 10.9. The fourth-order valence-corrected chi connectivity index (χ4v) is 3.00. The summed E-state index contributed by atoms with van der Waals surface area (Å²) in [7, 11) is 0. The third-order valence-corrected chi connectivity index (χ3v) is 4.63. The highest BCUT2D eigenvalue weighted by molar-refractivity contribution is 6.30. The van der Waals surface area contributed by atoms with E-state index < -0.39 is 17.4 Å². The van der Waals surface area contributed by atoms with Gasteiger partial charge in [0.15, 0.2) is 0 Å². The molecular weight excluding hydrogens is 430 g/mol. The largest absolute Gasteiger partial charge is 0.352 e. The summed E-state index contributed by atoms with van der Waals surface area (Å²) >= 11 is 5.72. The standard InChI is InChI=1S/C20H15ClF2N6O2/c21-15-9-12(1-6-16(15)23)10-24-18(30)11-29-20(31)28-8-7-17(26-19(28)27-29)25-14-4-2-13(22)3-5-14/h1-9H,10-11H2,(H,24,30)(H,25,26,27). The van der Waals surface area contributed by atoms with Crippen molar-refractivity contribution in [3.05, 3.63) is 87.4 Å². The van der Waals surface area contributed by atoms with E-state index in [1.54, 1.807) is 18.2 Å². The van der Waals surface area contributed by atoms with Gasteiger partial charge in [-0.15, -0.1) is 5.10 Å². The number of carbonyl (C=O) groups excluding carboxylic acids is 1. The lowest BCUT2D eigenvalue weighted by atomic mass is 10.2. The van der Waals surface area contributed by atoms with E-state index in [9.17, 15) is 18.4 Å². The molecule has 0 atom stereocenters. The van der Waals surface area contributed by atoms with Gasteiger partial charge >= 0.3 is 5.69 Å². The minimum atomic E-state index is -0.547. The quantitative estimate of drug-likeness (QED) is 0.477. The average Bonchev–Trinajstić information content (AvgIpc) is 3.05. The zero-order valence-electron chi connectivity index (χ0n) is 15.8. The molecule has 31 heavy (non-hydrogen) atoms. The zero-order valence-corrected chi connectivity index (χ0v) is 16.6. The second-order valence-corrected chi connectivity index (χ2v) is 6.99. The molecular formula is C20H15ClF2N6O2. The van der Waals surface area contributed by atoms with Crippen molar-refractivity contribution in [3.63, 3.8) is 0 Å². The molecule has 2 aromatic heterocycles. The average molecular weight is 445 g/mol. The predicted octanol–water partition coefficient (Wildman–Crippen LogP) is 2.88. The summed E-state index contributed by atoms with van der Waals surface area (Å²) in [4.78, 5) is 28.9. The monoisotopic (exact) mass is 444 g/mol. The van der Waals surface area contributed by atoms with E-state index >= 15 is 0 Å². The van der Waals surface area contributed by atoms with Crippen LogP contribution in [0.1, 0.15) is 5.56 Å². The molecule has 0 bridgehead atoms. The lowest BCUT2D eigenvalue weighted by Crippen LogP contribution is -2.32. The number of fused-ring (bicyclic) bond motifs is 1. The molecule has 0 aliphatic rings. The Bertz CT molecular complexity index is 1320. The molecule has 0 unspecified atom stereocenters. The molecule has 0 radical (unpaired) electrons. The predicted molar refractivity (Wildman–Crippen MR) is 110 cm³/mol. The maximum Gasteiger partial charge on any atom is 0.352 e. The molecule has 1 amide bonds. The maximum atomic E-state index is 13.2. The Morgan fingerprint density at radius 2 is 1.87 bits per heavy atom. The minimum Gasteiger partial charge on any atom is -0.350 e. The first kappa shape index (κ1) is 20.5. The first-order chi connectivity index (χ1) is 14.9. The molecule has 4 rings (SSSR count). The van der Waals surface area contributed by atoms with E-state index in [0.717, 1.165) is 4.68 Å². The lowest BCUT2D eigenvalue weighted by molar-refractivity contribution is -0.122. The van der Waals surface area contributed by atoms with Gasteiger partial charge in [-0.05, 0) is 48.0 Å². The summed E-state index contributed by atoms with van der Waals surface area (Å²) in [5.41, 5.74) is 0.691. The Balaban J connectivity index is 1.45. The number of amides is 1. The van der Waals surface area contributed by atoms with Crippen molar-refractivity contribution >= 4 is 34.8 Å². The van der Waals surface area contributed by atoms with Crippen molar-refractivity contribution in [2.45, 2.75) is 13.1 Å². The number of halogens is 3. The van der Waals surface area contributed by atoms with Crippen molar-refractivity contribution in [1.82, 2.24) is 24.5 Å². The van der Waals surface area contributed by atoms with Crippen LogP contribution in [0.2, 0.25) is 5.02 Å². The van der Waals surface area contributed by atoms with Gasteiger partial charge in [-0.25, -0.2) is 22.7 Å². The molecule has 8 nitrogen and oxygen atoms in total. The molecule has 11 heteroatoms. The summed E-state index contributed by atoms with van der Waals surface area (Å²) < 4.78 is 28.4. The first-order valence-corrected chi connectivity index (χ1v) is 9.46. The molecule has 2 aromatic carbocycles. The number of hydrogen-bond donors (Lipinski definition) is 2. The molecule has 158 valence electrons. The van der Waals surface area contributed by atoms with Gasteiger partial charge in [0.1, 0.15) is 24.0 Å². The second kappa shape index (κ2) is 8.52. The highest BCUT2D eigenvalue weighted by Gasteiger charge is 2.12. The molecule has 0 saturated heterocycles. The van der Waals surface area contributed by atoms with E-state index in [2.05, 4.69) is 20.7 Å². The Labute approximate surface area is 179 Å². The van der Waals surface area contributed by atoms with Gasteiger partial charge in [-0.1, -0.05) is 17.7 Å². The van der Waals surface area contributed by atoms with Crippen molar-refractivity contribution < 1.29 is 13.6 Å². The van der Waals surface area contributed by atoms with Crippen molar-refractivity contribution in [2.75, 3.05) is 5.32 Å². The molecule has 2 N–H and O–H groups in total. The third kappa shape index (κ3) is 4.69. The van der Waals surface area contributed by atoms with Gasteiger partial charge in [0.05, 0.1) is 5.02 Å². The van der Waals surface area contributed by atoms with Crippen LogP contribution < -0.4 is 16.3 Å². The smallest absolute Gasteiger partial charge is 0.350 e. The van der Waals surface area contributed by atoms with Crippen LogP contribution in [0, 0.1) is 11.6 Å². The fourth-order valence-electron chi connectivity index (χ4n) is 2.80. The number of carbonyl (C=O) groups is 1. The van der Waals surface area contributed by atoms with E-state index in [1.807, 2.05) is 0 Å². The molecule has 0 spiro atoms. The number of rotatable bonds is 6. The molecule has 2 heterocycles. The van der Waals surface area contributed by atoms with Crippen LogP contribution in [0.5, 0.6) is 0 Å². The Hall–Kier alpha value is -3.79. The van der Waals surface area contributed by atoms with Crippen molar-refractivity contribution in [2.24, 2.45) is 0 Å². The SMILES string of the molecule is O=C(Cn1nc2nc(Nc3ccc(F)cc3)ccn2c1=O)NCc1ccc(F)c(Cl)c1. The summed E-state index contributed by atoms with van der Waals surface area (Å²) in [5.74, 6) is -0.881. The van der Waals surface area contributed by atoms with E-state index in [1.165, 1.54) is 40.9 Å². The van der Waals surface area contributed by atoms with E-state index in [0.29, 0.717) is 17.1 Å². The number of anilines is 2. The highest BCUT2D eigenvalue weighted by Crippen LogP contribution is 2.16. The maximum absolute atomic E-state index is 13.2. The van der Waals surface area contributed by atoms with Gasteiger partial charge in [-0.3, -0.25) is 4.79 Å². The van der Waals surface area contributed by atoms with Crippen LogP contribution in [-0.2, 0) is 17.9 Å². The molecule has 4 aromatic rings. The van der Waals surface area contributed by atoms with Crippen LogP contribution in [-0.4, -0.2) is 25.1 Å². The summed E-state index contributed by atoms with van der Waals surface area (Å²) in [6.07, 6.45) is 1.47. The number of hydrogen-bond acceptors (Lipinski definition) is 5. The van der Waals surface area contributed by atoms with Gasteiger partial charge in [0, 0.05) is 18.4 Å². The number of nitrogens with one attached hydrogen (secondary N) is 2. The van der Waals surface area contributed by atoms with Crippen molar-refractivity contribution in [3.8, 4) is 0 Å². The molecule has 0 fully saturated rings. The van der Waals surface area contributed by atoms with Crippen LogP contribution in [0.25, 0.3) is 5.78 Å². The molecule has 0 aliphatic carbocycles. The van der Waals surface area contributed by atoms with Crippen LogP contribution in [0.3, 0.4) is 0 Å². The van der Waals surface area contributed by atoms with Gasteiger partial charge in [0.25, 0.3) is 5.78 Å².